The second-order valence-electron chi connectivity index (χ2n) is 7.45. The number of amides is 1. The van der Waals surface area contributed by atoms with Crippen molar-refractivity contribution in [3.8, 4) is 0 Å². The van der Waals surface area contributed by atoms with Gasteiger partial charge < -0.3 is 5.32 Å². The average molecular weight is 435 g/mol. The van der Waals surface area contributed by atoms with Gasteiger partial charge in [0.25, 0.3) is 0 Å². The minimum absolute atomic E-state index is 0.137. The lowest BCUT2D eigenvalue weighted by molar-refractivity contribution is -0.118. The summed E-state index contributed by atoms with van der Waals surface area (Å²) in [6.07, 6.45) is 2.52. The van der Waals surface area contributed by atoms with Crippen molar-refractivity contribution in [1.29, 1.82) is 0 Å². The molecule has 2 rings (SSSR count). The number of benzene rings is 2. The third kappa shape index (κ3) is 5.84. The highest BCUT2D eigenvalue weighted by Crippen LogP contribution is 2.30. The van der Waals surface area contributed by atoms with Crippen molar-refractivity contribution in [2.45, 2.75) is 56.9 Å². The number of sulfonamides is 1. The van der Waals surface area contributed by atoms with Gasteiger partial charge in [-0.1, -0.05) is 44.5 Å². The monoisotopic (exact) mass is 434 g/mol. The molecular formula is C22H30N2O3S2. The summed E-state index contributed by atoms with van der Waals surface area (Å²) in [5.41, 5.74) is 3.68. The maximum absolute atomic E-state index is 13.1. The first-order chi connectivity index (χ1) is 13.6. The van der Waals surface area contributed by atoms with E-state index in [9.17, 15) is 13.2 Å². The van der Waals surface area contributed by atoms with Gasteiger partial charge in [0.2, 0.25) is 15.9 Å². The summed E-state index contributed by atoms with van der Waals surface area (Å²) in [4.78, 5) is 13.1. The lowest BCUT2D eigenvalue weighted by atomic mass is 9.98. The minimum atomic E-state index is -3.76. The van der Waals surface area contributed by atoms with Gasteiger partial charge in [0.05, 0.1) is 10.6 Å². The molecule has 7 heteroatoms. The Balaban J connectivity index is 2.37. The molecule has 0 unspecified atom stereocenters. The van der Waals surface area contributed by atoms with Gasteiger partial charge in [0.1, 0.15) is 0 Å². The molecule has 1 amide bonds. The molecule has 0 aliphatic carbocycles. The zero-order chi connectivity index (χ0) is 21.8. The Morgan fingerprint density at radius 3 is 2.34 bits per heavy atom. The third-order valence-electron chi connectivity index (χ3n) is 4.77. The van der Waals surface area contributed by atoms with Crippen LogP contribution in [-0.2, 0) is 14.8 Å². The number of hydrogen-bond donors (Lipinski definition) is 2. The van der Waals surface area contributed by atoms with Gasteiger partial charge in [-0.3, -0.25) is 4.79 Å². The second kappa shape index (κ2) is 9.78. The molecule has 0 radical (unpaired) electrons. The molecule has 0 aromatic heterocycles. The molecule has 2 aromatic rings. The van der Waals surface area contributed by atoms with E-state index in [1.807, 2.05) is 39.2 Å². The smallest absolute Gasteiger partial charge is 0.241 e. The quantitative estimate of drug-likeness (QED) is 0.570. The predicted molar refractivity (Wildman–Crippen MR) is 121 cm³/mol. The number of carbonyl (C=O) groups is 1. The van der Waals surface area contributed by atoms with E-state index in [1.54, 1.807) is 26.0 Å². The number of rotatable bonds is 8. The van der Waals surface area contributed by atoms with Gasteiger partial charge in [-0.05, 0) is 55.9 Å². The molecule has 0 fully saturated rings. The van der Waals surface area contributed by atoms with Crippen molar-refractivity contribution in [3.05, 3.63) is 53.1 Å². The molecule has 2 aromatic carbocycles. The molecule has 5 nitrogen and oxygen atoms in total. The van der Waals surface area contributed by atoms with Crippen molar-refractivity contribution >= 4 is 33.4 Å². The maximum Gasteiger partial charge on any atom is 0.241 e. The molecule has 1 atom stereocenters. The van der Waals surface area contributed by atoms with Crippen LogP contribution in [0.4, 0.5) is 5.69 Å². The number of thioether (sulfide) groups is 1. The highest BCUT2D eigenvalue weighted by atomic mass is 32.2. The van der Waals surface area contributed by atoms with Crippen LogP contribution in [0.15, 0.2) is 46.2 Å². The van der Waals surface area contributed by atoms with Crippen LogP contribution in [0.25, 0.3) is 0 Å². The van der Waals surface area contributed by atoms with Gasteiger partial charge in [-0.25, -0.2) is 13.1 Å². The van der Waals surface area contributed by atoms with Crippen LogP contribution in [0.3, 0.4) is 0 Å². The molecule has 29 heavy (non-hydrogen) atoms. The first-order valence-electron chi connectivity index (χ1n) is 9.67. The molecular weight excluding hydrogens is 404 g/mol. The molecule has 0 spiro atoms. The average Bonchev–Trinajstić information content (AvgIpc) is 2.66. The van der Waals surface area contributed by atoms with Crippen molar-refractivity contribution in [1.82, 2.24) is 4.72 Å². The van der Waals surface area contributed by atoms with Gasteiger partial charge >= 0.3 is 0 Å². The largest absolute Gasteiger partial charge is 0.325 e. The fraction of sp³-hybridized carbons (Fsp3) is 0.409. The Hall–Kier alpha value is -1.83. The molecule has 0 saturated carbocycles. The topological polar surface area (TPSA) is 75.3 Å². The fourth-order valence-corrected chi connectivity index (χ4v) is 4.93. The zero-order valence-electron chi connectivity index (χ0n) is 17.9. The van der Waals surface area contributed by atoms with E-state index < -0.39 is 10.0 Å². The van der Waals surface area contributed by atoms with Crippen LogP contribution in [-0.4, -0.2) is 20.6 Å². The summed E-state index contributed by atoms with van der Waals surface area (Å²) in [5.74, 6) is -0.346. The van der Waals surface area contributed by atoms with Crippen LogP contribution in [0, 0.1) is 19.8 Å². The van der Waals surface area contributed by atoms with Gasteiger partial charge in [-0.2, -0.15) is 0 Å². The summed E-state index contributed by atoms with van der Waals surface area (Å²) < 4.78 is 29.0. The second-order valence-corrected chi connectivity index (χ2v) is 10.0. The lowest BCUT2D eigenvalue weighted by Crippen LogP contribution is -2.29. The normalized spacial score (nSPS) is 12.8. The van der Waals surface area contributed by atoms with Crippen LogP contribution in [0.5, 0.6) is 0 Å². The summed E-state index contributed by atoms with van der Waals surface area (Å²) in [5, 5.41) is 2.84. The molecule has 0 aliphatic heterocycles. The van der Waals surface area contributed by atoms with E-state index in [0.717, 1.165) is 21.6 Å². The van der Waals surface area contributed by atoms with Gasteiger partial charge in [0, 0.05) is 16.9 Å². The Kier molecular flexibility index (Phi) is 7.91. The fourth-order valence-electron chi connectivity index (χ4n) is 3.07. The molecule has 2 N–H and O–H groups in total. The molecule has 158 valence electrons. The zero-order valence-corrected chi connectivity index (χ0v) is 19.5. The standard InChI is InChI=1S/C22H30N2O3S2/c1-7-19(18-10-8-15(4)12-16(18)5)24-29(26,27)17-9-11-21(28-6)20(13-17)23-22(25)14(2)3/h8-14,19,24H,7H2,1-6H3,(H,23,25)/t19-/m0/s1. The SMILES string of the molecule is CC[C@H](NS(=O)(=O)c1ccc(SC)c(NC(=O)C(C)C)c1)c1ccc(C)cc1C. The highest BCUT2D eigenvalue weighted by Gasteiger charge is 2.23. The van der Waals surface area contributed by atoms with E-state index >= 15 is 0 Å². The van der Waals surface area contributed by atoms with E-state index in [1.165, 1.54) is 17.8 Å². The van der Waals surface area contributed by atoms with Gasteiger partial charge in [-0.15, -0.1) is 11.8 Å². The number of anilines is 1. The molecule has 0 heterocycles. The first-order valence-corrected chi connectivity index (χ1v) is 12.4. The highest BCUT2D eigenvalue weighted by molar-refractivity contribution is 7.98. The first kappa shape index (κ1) is 23.4. The maximum atomic E-state index is 13.1. The Bertz CT molecular complexity index is 986. The number of carbonyl (C=O) groups excluding carboxylic acids is 1. The summed E-state index contributed by atoms with van der Waals surface area (Å²) in [6, 6.07) is 10.5. The van der Waals surface area contributed by atoms with Crippen molar-refractivity contribution in [2.75, 3.05) is 11.6 Å². The van der Waals surface area contributed by atoms with E-state index in [4.69, 9.17) is 0 Å². The van der Waals surface area contributed by atoms with Crippen LogP contribution >= 0.6 is 11.8 Å². The molecule has 0 aliphatic rings. The predicted octanol–water partition coefficient (Wildman–Crippen LogP) is 5.05. The van der Waals surface area contributed by atoms with Gasteiger partial charge in [0.15, 0.2) is 0 Å². The van der Waals surface area contributed by atoms with Crippen molar-refractivity contribution in [3.63, 3.8) is 0 Å². The number of nitrogens with one attached hydrogen (secondary N) is 2. The summed E-state index contributed by atoms with van der Waals surface area (Å²) in [6.45, 7) is 9.56. The van der Waals surface area contributed by atoms with E-state index in [-0.39, 0.29) is 22.8 Å². The molecule has 0 saturated heterocycles. The van der Waals surface area contributed by atoms with Crippen molar-refractivity contribution in [2.24, 2.45) is 5.92 Å². The number of aryl methyl sites for hydroxylation is 2. The Morgan fingerprint density at radius 2 is 1.79 bits per heavy atom. The summed E-state index contributed by atoms with van der Waals surface area (Å²) in [7, 11) is -3.76. The third-order valence-corrected chi connectivity index (χ3v) is 7.04. The van der Waals surface area contributed by atoms with E-state index in [0.29, 0.717) is 12.1 Å². The number of hydrogen-bond acceptors (Lipinski definition) is 4. The lowest BCUT2D eigenvalue weighted by Gasteiger charge is -2.21. The Labute approximate surface area is 178 Å². The van der Waals surface area contributed by atoms with Crippen LogP contribution in [0.2, 0.25) is 0 Å². The molecule has 0 bridgehead atoms. The Morgan fingerprint density at radius 1 is 1.10 bits per heavy atom. The van der Waals surface area contributed by atoms with E-state index in [2.05, 4.69) is 16.1 Å². The van der Waals surface area contributed by atoms with Crippen LogP contribution in [0.1, 0.15) is 49.9 Å². The van der Waals surface area contributed by atoms with Crippen LogP contribution < -0.4 is 10.0 Å². The van der Waals surface area contributed by atoms with Crippen molar-refractivity contribution < 1.29 is 13.2 Å². The minimum Gasteiger partial charge on any atom is -0.325 e. The summed E-state index contributed by atoms with van der Waals surface area (Å²) >= 11 is 1.46.